The number of hydrogen-bond acceptors (Lipinski definition) is 5. The molecule has 2 saturated heterocycles. The van der Waals surface area contributed by atoms with Gasteiger partial charge in [0.2, 0.25) is 0 Å². The van der Waals surface area contributed by atoms with Gasteiger partial charge in [0.05, 0.1) is 12.2 Å². The van der Waals surface area contributed by atoms with Crippen molar-refractivity contribution in [1.29, 1.82) is 0 Å². The highest BCUT2D eigenvalue weighted by atomic mass is 19.3. The van der Waals surface area contributed by atoms with Crippen molar-refractivity contribution in [2.75, 3.05) is 44.2 Å². The van der Waals surface area contributed by atoms with Crippen molar-refractivity contribution in [1.82, 2.24) is 20.2 Å². The molecular weight excluding hydrogens is 300 g/mol. The number of nitrogens with one attached hydrogen (secondary N) is 1. The number of anilines is 1. The number of nitrogens with zero attached hydrogens (tertiary/aromatic N) is 4. The third-order valence-corrected chi connectivity index (χ3v) is 5.15. The van der Waals surface area contributed by atoms with Crippen LogP contribution in [-0.4, -0.2) is 66.1 Å². The molecule has 1 N–H and O–H groups in total. The van der Waals surface area contributed by atoms with Gasteiger partial charge in [0.15, 0.2) is 0 Å². The molecule has 1 aromatic heterocycles. The highest BCUT2D eigenvalue weighted by Crippen LogP contribution is 2.35. The number of piperazine rings is 1. The normalized spacial score (nSPS) is 27.4. The van der Waals surface area contributed by atoms with Gasteiger partial charge in [-0.1, -0.05) is 0 Å². The molecule has 3 aliphatic rings. The Morgan fingerprint density at radius 1 is 1.17 bits per heavy atom. The summed E-state index contributed by atoms with van der Waals surface area (Å²) in [6, 6.07) is -0.0615. The lowest BCUT2D eigenvalue weighted by atomic mass is 10.1. The van der Waals surface area contributed by atoms with Gasteiger partial charge in [-0.15, -0.1) is 0 Å². The van der Waals surface area contributed by atoms with Gasteiger partial charge in [0.25, 0.3) is 5.92 Å². The summed E-state index contributed by atoms with van der Waals surface area (Å²) in [5.74, 6) is -0.783. The van der Waals surface area contributed by atoms with Gasteiger partial charge >= 0.3 is 0 Å². The number of aromatic nitrogens is 2. The van der Waals surface area contributed by atoms with Crippen LogP contribution in [0, 0.1) is 6.92 Å². The molecule has 0 spiro atoms. The maximum absolute atomic E-state index is 13.7. The van der Waals surface area contributed by atoms with Crippen LogP contribution in [0.5, 0.6) is 0 Å². The van der Waals surface area contributed by atoms with E-state index in [9.17, 15) is 8.78 Å². The zero-order chi connectivity index (χ0) is 16.0. The summed E-state index contributed by atoms with van der Waals surface area (Å²) in [7, 11) is 0. The Kier molecular flexibility index (Phi) is 3.72. The summed E-state index contributed by atoms with van der Waals surface area (Å²) >= 11 is 0. The van der Waals surface area contributed by atoms with E-state index in [-0.39, 0.29) is 19.0 Å². The molecule has 0 amide bonds. The molecule has 23 heavy (non-hydrogen) atoms. The highest BCUT2D eigenvalue weighted by molar-refractivity contribution is 5.51. The summed E-state index contributed by atoms with van der Waals surface area (Å²) in [5, 5.41) is 3.40. The van der Waals surface area contributed by atoms with Crippen molar-refractivity contribution in [3.05, 3.63) is 17.1 Å². The average Bonchev–Trinajstić information content (AvgIpc) is 2.66. The summed E-state index contributed by atoms with van der Waals surface area (Å²) in [4.78, 5) is 13.4. The molecule has 0 aliphatic carbocycles. The van der Waals surface area contributed by atoms with E-state index in [1.807, 2.05) is 11.8 Å². The first-order valence-electron chi connectivity index (χ1n) is 8.46. The first-order chi connectivity index (χ1) is 11.0. The molecule has 5 nitrogen and oxygen atoms in total. The zero-order valence-corrected chi connectivity index (χ0v) is 13.5. The lowest BCUT2D eigenvalue weighted by Crippen LogP contribution is -2.50. The molecule has 3 aliphatic heterocycles. The molecule has 0 aromatic carbocycles. The second-order valence-electron chi connectivity index (χ2n) is 6.90. The minimum Gasteiger partial charge on any atom is -0.353 e. The molecule has 1 aromatic rings. The summed E-state index contributed by atoms with van der Waals surface area (Å²) in [5.41, 5.74) is 2.33. The number of aryl methyl sites for hydroxylation is 1. The second-order valence-corrected chi connectivity index (χ2v) is 6.90. The Bertz CT molecular complexity index is 606. The van der Waals surface area contributed by atoms with Gasteiger partial charge in [0, 0.05) is 50.6 Å². The number of halogens is 2. The Balaban J connectivity index is 1.62. The fourth-order valence-corrected chi connectivity index (χ4v) is 4.10. The molecule has 0 saturated carbocycles. The minimum atomic E-state index is -2.54. The van der Waals surface area contributed by atoms with Crippen LogP contribution in [0.4, 0.5) is 14.6 Å². The molecule has 2 fully saturated rings. The van der Waals surface area contributed by atoms with E-state index >= 15 is 0 Å². The van der Waals surface area contributed by atoms with E-state index in [1.165, 1.54) is 5.56 Å². The second kappa shape index (κ2) is 5.63. The largest absolute Gasteiger partial charge is 0.353 e. The van der Waals surface area contributed by atoms with E-state index in [2.05, 4.69) is 20.2 Å². The highest BCUT2D eigenvalue weighted by Gasteiger charge is 2.47. The van der Waals surface area contributed by atoms with Gasteiger partial charge < -0.3 is 10.2 Å². The lowest BCUT2D eigenvalue weighted by Gasteiger charge is -2.38. The number of hydrogen-bond donors (Lipinski definition) is 1. The van der Waals surface area contributed by atoms with Gasteiger partial charge in [-0.3, -0.25) is 4.90 Å². The van der Waals surface area contributed by atoms with Crippen molar-refractivity contribution in [3.63, 3.8) is 0 Å². The predicted molar refractivity (Wildman–Crippen MR) is 84.2 cm³/mol. The van der Waals surface area contributed by atoms with Crippen molar-refractivity contribution in [3.8, 4) is 0 Å². The first kappa shape index (κ1) is 15.2. The standard InChI is InChI=1S/C16H23F2N5/c1-11-20-14-3-5-19-4-2-13(14)15(21-11)22-6-7-23-10-16(17,18)8-12(23)9-22/h12,19H,2-10H2,1H3/t12-/m1/s1. The maximum Gasteiger partial charge on any atom is 0.262 e. The van der Waals surface area contributed by atoms with Crippen LogP contribution in [0.1, 0.15) is 23.5 Å². The number of alkyl halides is 2. The maximum atomic E-state index is 13.7. The van der Waals surface area contributed by atoms with E-state index in [1.54, 1.807) is 0 Å². The Hall–Kier alpha value is -1.34. The van der Waals surface area contributed by atoms with Crippen LogP contribution >= 0.6 is 0 Å². The summed E-state index contributed by atoms with van der Waals surface area (Å²) < 4.78 is 27.3. The fourth-order valence-electron chi connectivity index (χ4n) is 4.10. The van der Waals surface area contributed by atoms with Crippen LogP contribution in [-0.2, 0) is 12.8 Å². The molecular formula is C16H23F2N5. The molecule has 7 heteroatoms. The van der Waals surface area contributed by atoms with Gasteiger partial charge in [-0.25, -0.2) is 18.7 Å². The van der Waals surface area contributed by atoms with Crippen LogP contribution in [0.3, 0.4) is 0 Å². The van der Waals surface area contributed by atoms with Gasteiger partial charge in [-0.05, 0) is 19.9 Å². The van der Waals surface area contributed by atoms with E-state index in [0.29, 0.717) is 13.1 Å². The average molecular weight is 323 g/mol. The molecule has 1 atom stereocenters. The minimum absolute atomic E-state index is 0.0304. The topological polar surface area (TPSA) is 44.3 Å². The van der Waals surface area contributed by atoms with E-state index in [0.717, 1.165) is 49.8 Å². The van der Waals surface area contributed by atoms with E-state index in [4.69, 9.17) is 0 Å². The molecule has 126 valence electrons. The summed E-state index contributed by atoms with van der Waals surface area (Å²) in [6.45, 7) is 5.79. The van der Waals surface area contributed by atoms with Crippen LogP contribution in [0.25, 0.3) is 0 Å². The van der Waals surface area contributed by atoms with Crippen LogP contribution < -0.4 is 10.2 Å². The van der Waals surface area contributed by atoms with Crippen molar-refractivity contribution < 1.29 is 8.78 Å². The van der Waals surface area contributed by atoms with Crippen LogP contribution in [0.2, 0.25) is 0 Å². The molecule has 0 bridgehead atoms. The Morgan fingerprint density at radius 3 is 2.87 bits per heavy atom. The van der Waals surface area contributed by atoms with Crippen molar-refractivity contribution >= 4 is 5.82 Å². The third kappa shape index (κ3) is 2.92. The van der Waals surface area contributed by atoms with Gasteiger partial charge in [-0.2, -0.15) is 0 Å². The lowest BCUT2D eigenvalue weighted by molar-refractivity contribution is 0.0125. The fraction of sp³-hybridized carbons (Fsp3) is 0.750. The first-order valence-corrected chi connectivity index (χ1v) is 8.46. The smallest absolute Gasteiger partial charge is 0.262 e. The zero-order valence-electron chi connectivity index (χ0n) is 13.5. The Morgan fingerprint density at radius 2 is 2.00 bits per heavy atom. The predicted octanol–water partition coefficient (Wildman–Crippen LogP) is 1.00. The number of rotatable bonds is 1. The Labute approximate surface area is 135 Å². The SMILES string of the molecule is Cc1nc2c(c(N3CCN4CC(F)(F)C[C@@H]4C3)n1)CCNCC2. The quantitative estimate of drug-likeness (QED) is 0.835. The van der Waals surface area contributed by atoms with Gasteiger partial charge in [0.1, 0.15) is 11.6 Å². The van der Waals surface area contributed by atoms with E-state index < -0.39 is 5.92 Å². The van der Waals surface area contributed by atoms with Crippen molar-refractivity contribution in [2.45, 2.75) is 38.2 Å². The molecule has 4 heterocycles. The number of fused-ring (bicyclic) bond motifs is 2. The molecule has 0 radical (unpaired) electrons. The molecule has 0 unspecified atom stereocenters. The summed E-state index contributed by atoms with van der Waals surface area (Å²) in [6.07, 6.45) is 1.79. The van der Waals surface area contributed by atoms with Crippen LogP contribution in [0.15, 0.2) is 0 Å². The van der Waals surface area contributed by atoms with Crippen molar-refractivity contribution in [2.24, 2.45) is 0 Å². The third-order valence-electron chi connectivity index (χ3n) is 5.15. The molecule has 4 rings (SSSR count). The monoisotopic (exact) mass is 323 g/mol.